The lowest BCUT2D eigenvalue weighted by atomic mass is 9.91. The van der Waals surface area contributed by atoms with E-state index in [-0.39, 0.29) is 5.97 Å². The van der Waals surface area contributed by atoms with Gasteiger partial charge in [0, 0.05) is 24.5 Å². The number of hydrogen-bond donors (Lipinski definition) is 1. The van der Waals surface area contributed by atoms with Crippen molar-refractivity contribution in [1.29, 1.82) is 0 Å². The Bertz CT molecular complexity index is 449. The molecule has 1 aromatic rings. The molecule has 2 rings (SSSR count). The zero-order chi connectivity index (χ0) is 14.5. The van der Waals surface area contributed by atoms with Crippen LogP contribution >= 0.6 is 11.3 Å². The molecule has 1 aliphatic heterocycles. The summed E-state index contributed by atoms with van der Waals surface area (Å²) >= 11 is 1.35. The molecule has 20 heavy (non-hydrogen) atoms. The van der Waals surface area contributed by atoms with Crippen molar-refractivity contribution in [1.82, 2.24) is 9.88 Å². The summed E-state index contributed by atoms with van der Waals surface area (Å²) in [4.78, 5) is 18.4. The van der Waals surface area contributed by atoms with Gasteiger partial charge in [0.2, 0.25) is 5.01 Å². The van der Waals surface area contributed by atoms with Crippen LogP contribution in [0.3, 0.4) is 0 Å². The van der Waals surface area contributed by atoms with E-state index in [1.807, 2.05) is 5.38 Å². The Kier molecular flexibility index (Phi) is 5.51. The summed E-state index contributed by atoms with van der Waals surface area (Å²) < 4.78 is 4.97. The summed E-state index contributed by atoms with van der Waals surface area (Å²) in [6, 6.07) is 0.413. The van der Waals surface area contributed by atoms with Gasteiger partial charge in [-0.2, -0.15) is 0 Å². The van der Waals surface area contributed by atoms with Gasteiger partial charge in [0.1, 0.15) is 0 Å². The van der Waals surface area contributed by atoms with Gasteiger partial charge in [0.15, 0.2) is 0 Å². The Hall–Kier alpha value is -0.980. The van der Waals surface area contributed by atoms with Gasteiger partial charge in [0.05, 0.1) is 12.3 Å². The standard InChI is InChI=1S/C14H23N3O2S/c1-3-19-14(18)13-16-11(9-20-13)8-17-6-4-5-10(2)12(17)7-15/h9-10,12H,3-8,15H2,1-2H3. The number of aromatic nitrogens is 1. The number of likely N-dealkylation sites (tertiary alicyclic amines) is 1. The molecule has 0 amide bonds. The van der Waals surface area contributed by atoms with Crippen molar-refractivity contribution in [3.63, 3.8) is 0 Å². The number of rotatable bonds is 5. The van der Waals surface area contributed by atoms with Gasteiger partial charge in [0.25, 0.3) is 0 Å². The number of nitrogens with zero attached hydrogens (tertiary/aromatic N) is 2. The third kappa shape index (κ3) is 3.56. The lowest BCUT2D eigenvalue weighted by Gasteiger charge is -2.39. The van der Waals surface area contributed by atoms with Crippen LogP contribution in [-0.4, -0.2) is 41.6 Å². The van der Waals surface area contributed by atoms with Gasteiger partial charge in [-0.3, -0.25) is 4.90 Å². The van der Waals surface area contributed by atoms with Crippen LogP contribution < -0.4 is 5.73 Å². The molecule has 1 aromatic heterocycles. The number of carbonyl (C=O) groups is 1. The molecule has 2 atom stereocenters. The molecule has 0 saturated carbocycles. The lowest BCUT2D eigenvalue weighted by Crippen LogP contribution is -2.48. The zero-order valence-electron chi connectivity index (χ0n) is 12.2. The quantitative estimate of drug-likeness (QED) is 0.840. The summed E-state index contributed by atoms with van der Waals surface area (Å²) in [7, 11) is 0. The minimum absolute atomic E-state index is 0.328. The average molecular weight is 297 g/mol. The number of nitrogens with two attached hydrogens (primary N) is 1. The van der Waals surface area contributed by atoms with E-state index >= 15 is 0 Å². The second-order valence-corrected chi connectivity index (χ2v) is 6.12. The summed E-state index contributed by atoms with van der Waals surface area (Å²) in [5.41, 5.74) is 6.83. The number of piperidine rings is 1. The number of thiazole rings is 1. The molecule has 2 heterocycles. The van der Waals surface area contributed by atoms with Crippen molar-refractivity contribution in [2.75, 3.05) is 19.7 Å². The van der Waals surface area contributed by atoms with Crippen LogP contribution in [0.4, 0.5) is 0 Å². The number of ether oxygens (including phenoxy) is 1. The van der Waals surface area contributed by atoms with Gasteiger partial charge < -0.3 is 10.5 Å². The zero-order valence-corrected chi connectivity index (χ0v) is 13.0. The van der Waals surface area contributed by atoms with E-state index in [0.717, 1.165) is 18.8 Å². The smallest absolute Gasteiger partial charge is 0.367 e. The monoisotopic (exact) mass is 297 g/mol. The fourth-order valence-electron chi connectivity index (χ4n) is 2.79. The van der Waals surface area contributed by atoms with E-state index in [9.17, 15) is 4.79 Å². The predicted molar refractivity (Wildman–Crippen MR) is 79.7 cm³/mol. The highest BCUT2D eigenvalue weighted by Gasteiger charge is 2.27. The average Bonchev–Trinajstić information content (AvgIpc) is 2.88. The lowest BCUT2D eigenvalue weighted by molar-refractivity contribution is 0.0525. The number of esters is 1. The Labute approximate surface area is 124 Å². The van der Waals surface area contributed by atoms with Crippen LogP contribution in [0.1, 0.15) is 42.2 Å². The number of hydrogen-bond acceptors (Lipinski definition) is 6. The van der Waals surface area contributed by atoms with Crippen LogP contribution in [0.15, 0.2) is 5.38 Å². The number of carbonyl (C=O) groups excluding carboxylic acids is 1. The first kappa shape index (κ1) is 15.4. The maximum atomic E-state index is 11.6. The second kappa shape index (κ2) is 7.15. The molecule has 1 aliphatic rings. The van der Waals surface area contributed by atoms with E-state index < -0.39 is 0 Å². The van der Waals surface area contributed by atoms with Gasteiger partial charge >= 0.3 is 5.97 Å². The van der Waals surface area contributed by atoms with Crippen LogP contribution in [0.25, 0.3) is 0 Å². The van der Waals surface area contributed by atoms with E-state index in [4.69, 9.17) is 10.5 Å². The van der Waals surface area contributed by atoms with Crippen molar-refractivity contribution in [2.45, 2.75) is 39.3 Å². The van der Waals surface area contributed by atoms with Crippen molar-refractivity contribution >= 4 is 17.3 Å². The first-order valence-electron chi connectivity index (χ1n) is 7.21. The fourth-order valence-corrected chi connectivity index (χ4v) is 3.49. The van der Waals surface area contributed by atoms with Gasteiger partial charge in [-0.25, -0.2) is 9.78 Å². The first-order valence-corrected chi connectivity index (χ1v) is 8.09. The van der Waals surface area contributed by atoms with Crippen molar-refractivity contribution in [3.8, 4) is 0 Å². The minimum Gasteiger partial charge on any atom is -0.461 e. The topological polar surface area (TPSA) is 68.5 Å². The van der Waals surface area contributed by atoms with Gasteiger partial charge in [-0.1, -0.05) is 6.92 Å². The van der Waals surface area contributed by atoms with Crippen LogP contribution in [-0.2, 0) is 11.3 Å². The predicted octanol–water partition coefficient (Wildman–Crippen LogP) is 1.88. The molecule has 5 nitrogen and oxygen atoms in total. The largest absolute Gasteiger partial charge is 0.461 e. The molecule has 1 saturated heterocycles. The maximum Gasteiger partial charge on any atom is 0.367 e. The van der Waals surface area contributed by atoms with E-state index in [0.29, 0.717) is 30.1 Å². The molecule has 6 heteroatoms. The van der Waals surface area contributed by atoms with Gasteiger partial charge in [-0.05, 0) is 32.2 Å². The summed E-state index contributed by atoms with van der Waals surface area (Å²) in [5, 5.41) is 2.38. The molecule has 2 unspecified atom stereocenters. The minimum atomic E-state index is -0.328. The molecule has 0 radical (unpaired) electrons. The SMILES string of the molecule is CCOC(=O)c1nc(CN2CCCC(C)C2CN)cs1. The Balaban J connectivity index is 2.00. The highest BCUT2D eigenvalue weighted by molar-refractivity contribution is 7.11. The normalized spacial score (nSPS) is 23.8. The molecule has 2 N–H and O–H groups in total. The first-order chi connectivity index (χ1) is 9.65. The van der Waals surface area contributed by atoms with E-state index in [1.54, 1.807) is 6.92 Å². The van der Waals surface area contributed by atoms with E-state index in [1.165, 1.54) is 24.2 Å². The van der Waals surface area contributed by atoms with Crippen molar-refractivity contribution in [3.05, 3.63) is 16.1 Å². The van der Waals surface area contributed by atoms with Crippen molar-refractivity contribution < 1.29 is 9.53 Å². The Morgan fingerprint density at radius 3 is 3.15 bits per heavy atom. The molecule has 1 fully saturated rings. The molecule has 112 valence electrons. The molecule has 0 spiro atoms. The summed E-state index contributed by atoms with van der Waals surface area (Å²) in [6.07, 6.45) is 2.44. The van der Waals surface area contributed by atoms with E-state index in [2.05, 4.69) is 16.8 Å². The van der Waals surface area contributed by atoms with Crippen molar-refractivity contribution in [2.24, 2.45) is 11.7 Å². The Morgan fingerprint density at radius 2 is 2.45 bits per heavy atom. The molecule has 0 aliphatic carbocycles. The van der Waals surface area contributed by atoms with Gasteiger partial charge in [-0.15, -0.1) is 11.3 Å². The summed E-state index contributed by atoms with van der Waals surface area (Å²) in [5.74, 6) is 0.294. The van der Waals surface area contributed by atoms with Crippen LogP contribution in [0, 0.1) is 5.92 Å². The third-order valence-corrected chi connectivity index (χ3v) is 4.71. The fraction of sp³-hybridized carbons (Fsp3) is 0.714. The van der Waals surface area contributed by atoms with Crippen LogP contribution in [0.5, 0.6) is 0 Å². The molecule has 0 aromatic carbocycles. The highest BCUT2D eigenvalue weighted by atomic mass is 32.1. The molecular formula is C14H23N3O2S. The highest BCUT2D eigenvalue weighted by Crippen LogP contribution is 2.24. The third-order valence-electron chi connectivity index (χ3n) is 3.84. The molecular weight excluding hydrogens is 274 g/mol. The summed E-state index contributed by atoms with van der Waals surface area (Å²) in [6.45, 7) is 6.94. The Morgan fingerprint density at radius 1 is 1.65 bits per heavy atom. The van der Waals surface area contributed by atoms with Crippen LogP contribution in [0.2, 0.25) is 0 Å². The molecule has 0 bridgehead atoms. The second-order valence-electron chi connectivity index (χ2n) is 5.26. The maximum absolute atomic E-state index is 11.6.